The maximum Gasteiger partial charge on any atom is 0.129 e. The third-order valence-electron chi connectivity index (χ3n) is 4.02. The van der Waals surface area contributed by atoms with Crippen molar-refractivity contribution >= 4 is 15.9 Å². The Hall–Kier alpha value is -0.440. The average Bonchev–Trinajstić information content (AvgIpc) is 2.61. The van der Waals surface area contributed by atoms with E-state index in [1.165, 1.54) is 44.6 Å². The average molecular weight is 331 g/mol. The maximum absolute atomic E-state index is 13.6. The normalized spacial score (nSPS) is 19.1. The summed E-state index contributed by atoms with van der Waals surface area (Å²) < 4.78 is 26.4. The number of benzene rings is 1. The van der Waals surface area contributed by atoms with Crippen LogP contribution in [0.1, 0.15) is 50.5 Å². The zero-order chi connectivity index (χ0) is 13.7. The van der Waals surface area contributed by atoms with Crippen LogP contribution in [0.4, 0.5) is 8.78 Å². The Kier molecular flexibility index (Phi) is 5.80. The largest absolute Gasteiger partial charge is 0.207 e. The van der Waals surface area contributed by atoms with Gasteiger partial charge in [-0.25, -0.2) is 8.78 Å². The molecular formula is C16H21BrF2. The molecule has 0 bridgehead atoms. The van der Waals surface area contributed by atoms with E-state index in [0.29, 0.717) is 12.0 Å². The van der Waals surface area contributed by atoms with Gasteiger partial charge in [-0.15, -0.1) is 0 Å². The van der Waals surface area contributed by atoms with Gasteiger partial charge in [-0.1, -0.05) is 60.5 Å². The molecule has 1 fully saturated rings. The van der Waals surface area contributed by atoms with Crippen molar-refractivity contribution in [2.75, 3.05) is 0 Å². The van der Waals surface area contributed by atoms with Gasteiger partial charge < -0.3 is 0 Å². The van der Waals surface area contributed by atoms with Crippen molar-refractivity contribution in [3.05, 3.63) is 35.4 Å². The van der Waals surface area contributed by atoms with Gasteiger partial charge in [0.1, 0.15) is 11.6 Å². The predicted molar refractivity (Wildman–Crippen MR) is 78.6 cm³/mol. The van der Waals surface area contributed by atoms with Crippen molar-refractivity contribution in [2.24, 2.45) is 5.92 Å². The van der Waals surface area contributed by atoms with Gasteiger partial charge in [-0.3, -0.25) is 0 Å². The molecule has 1 aliphatic rings. The Labute approximate surface area is 122 Å². The van der Waals surface area contributed by atoms with Crippen LogP contribution < -0.4 is 0 Å². The number of hydrogen-bond donors (Lipinski definition) is 0. The fourth-order valence-electron chi connectivity index (χ4n) is 2.97. The monoisotopic (exact) mass is 330 g/mol. The molecule has 0 aromatic heterocycles. The zero-order valence-electron chi connectivity index (χ0n) is 11.2. The lowest BCUT2D eigenvalue weighted by atomic mass is 9.93. The minimum Gasteiger partial charge on any atom is -0.207 e. The Bertz CT molecular complexity index is 398. The molecule has 1 saturated carbocycles. The molecule has 0 saturated heterocycles. The quantitative estimate of drug-likeness (QED) is 0.495. The lowest BCUT2D eigenvalue weighted by Crippen LogP contribution is -2.11. The molecule has 3 heteroatoms. The van der Waals surface area contributed by atoms with Gasteiger partial charge in [-0.05, 0) is 30.4 Å². The van der Waals surface area contributed by atoms with Crippen LogP contribution in [0.15, 0.2) is 18.2 Å². The number of rotatable bonds is 4. The molecule has 0 spiro atoms. The van der Waals surface area contributed by atoms with Crippen LogP contribution in [0.5, 0.6) is 0 Å². The smallest absolute Gasteiger partial charge is 0.129 e. The molecule has 0 N–H and O–H groups in total. The summed E-state index contributed by atoms with van der Waals surface area (Å²) in [5.74, 6) is -0.170. The molecule has 0 amide bonds. The summed E-state index contributed by atoms with van der Waals surface area (Å²) in [5.41, 5.74) is 0.608. The highest BCUT2D eigenvalue weighted by atomic mass is 79.9. The molecule has 1 aromatic carbocycles. The van der Waals surface area contributed by atoms with Gasteiger partial charge in [0.25, 0.3) is 0 Å². The minimum absolute atomic E-state index is 0.288. The number of halogens is 3. The lowest BCUT2D eigenvalue weighted by molar-refractivity contribution is 0.422. The standard InChI is InChI=1S/C16H21BrF2/c17-14(9-12-5-3-1-2-4-6-12)10-13-7-8-15(18)11-16(13)19/h7-8,11-12,14H,1-6,9-10H2. The first-order valence-corrected chi connectivity index (χ1v) is 8.14. The van der Waals surface area contributed by atoms with Gasteiger partial charge in [-0.2, -0.15) is 0 Å². The summed E-state index contributed by atoms with van der Waals surface area (Å²) in [4.78, 5) is 0.288. The van der Waals surface area contributed by atoms with Gasteiger partial charge in [0.2, 0.25) is 0 Å². The van der Waals surface area contributed by atoms with E-state index in [1.807, 2.05) is 0 Å². The first-order chi connectivity index (χ1) is 9.15. The van der Waals surface area contributed by atoms with E-state index < -0.39 is 11.6 Å². The van der Waals surface area contributed by atoms with Crippen LogP contribution in [0.2, 0.25) is 0 Å². The van der Waals surface area contributed by atoms with E-state index >= 15 is 0 Å². The zero-order valence-corrected chi connectivity index (χ0v) is 12.8. The molecule has 19 heavy (non-hydrogen) atoms. The van der Waals surface area contributed by atoms with E-state index in [0.717, 1.165) is 18.4 Å². The molecule has 1 unspecified atom stereocenters. The second kappa shape index (κ2) is 7.37. The van der Waals surface area contributed by atoms with E-state index in [4.69, 9.17) is 0 Å². The van der Waals surface area contributed by atoms with E-state index in [2.05, 4.69) is 15.9 Å². The highest BCUT2D eigenvalue weighted by Gasteiger charge is 2.18. The Balaban J connectivity index is 1.87. The number of alkyl halides is 1. The molecule has 0 aliphatic heterocycles. The number of hydrogen-bond acceptors (Lipinski definition) is 0. The highest BCUT2D eigenvalue weighted by Crippen LogP contribution is 2.29. The summed E-state index contributed by atoms with van der Waals surface area (Å²) in [6, 6.07) is 3.87. The first kappa shape index (κ1) is 15.0. The Morgan fingerprint density at radius 3 is 2.42 bits per heavy atom. The topological polar surface area (TPSA) is 0 Å². The van der Waals surface area contributed by atoms with Crippen molar-refractivity contribution in [2.45, 2.75) is 56.2 Å². The lowest BCUT2D eigenvalue weighted by Gasteiger charge is -2.18. The summed E-state index contributed by atoms with van der Waals surface area (Å²) in [6.45, 7) is 0. The van der Waals surface area contributed by atoms with Crippen LogP contribution in [0.3, 0.4) is 0 Å². The molecule has 2 rings (SSSR count). The van der Waals surface area contributed by atoms with E-state index in [-0.39, 0.29) is 4.83 Å². The summed E-state index contributed by atoms with van der Waals surface area (Å²) in [6.07, 6.45) is 9.71. The summed E-state index contributed by atoms with van der Waals surface area (Å²) >= 11 is 3.67. The van der Waals surface area contributed by atoms with Gasteiger partial charge >= 0.3 is 0 Å². The molecule has 0 nitrogen and oxygen atoms in total. The molecule has 1 atom stereocenters. The van der Waals surface area contributed by atoms with Crippen molar-refractivity contribution in [3.63, 3.8) is 0 Å². The highest BCUT2D eigenvalue weighted by molar-refractivity contribution is 9.09. The van der Waals surface area contributed by atoms with E-state index in [9.17, 15) is 8.78 Å². The van der Waals surface area contributed by atoms with Crippen LogP contribution in [-0.4, -0.2) is 4.83 Å². The Morgan fingerprint density at radius 1 is 1.11 bits per heavy atom. The van der Waals surface area contributed by atoms with Crippen LogP contribution in [0, 0.1) is 17.6 Å². The van der Waals surface area contributed by atoms with Crippen molar-refractivity contribution in [1.29, 1.82) is 0 Å². The minimum atomic E-state index is -0.504. The van der Waals surface area contributed by atoms with Gasteiger partial charge in [0.15, 0.2) is 0 Å². The van der Waals surface area contributed by atoms with Crippen molar-refractivity contribution in [1.82, 2.24) is 0 Å². The molecular weight excluding hydrogens is 310 g/mol. The first-order valence-electron chi connectivity index (χ1n) is 7.23. The van der Waals surface area contributed by atoms with E-state index in [1.54, 1.807) is 6.07 Å². The fraction of sp³-hybridized carbons (Fsp3) is 0.625. The summed E-state index contributed by atoms with van der Waals surface area (Å²) in [7, 11) is 0. The molecule has 106 valence electrons. The van der Waals surface area contributed by atoms with Crippen LogP contribution in [0.25, 0.3) is 0 Å². The fourth-order valence-corrected chi connectivity index (χ4v) is 3.85. The van der Waals surface area contributed by atoms with Crippen LogP contribution >= 0.6 is 15.9 Å². The third-order valence-corrected chi connectivity index (χ3v) is 4.72. The van der Waals surface area contributed by atoms with Gasteiger partial charge in [0, 0.05) is 10.9 Å². The van der Waals surface area contributed by atoms with Crippen molar-refractivity contribution < 1.29 is 8.78 Å². The van der Waals surface area contributed by atoms with Gasteiger partial charge in [0.05, 0.1) is 0 Å². The van der Waals surface area contributed by atoms with Crippen molar-refractivity contribution in [3.8, 4) is 0 Å². The summed E-state index contributed by atoms with van der Waals surface area (Å²) in [5, 5.41) is 0. The molecule has 1 aromatic rings. The molecule has 0 radical (unpaired) electrons. The maximum atomic E-state index is 13.6. The third kappa shape index (κ3) is 4.87. The molecule has 1 aliphatic carbocycles. The predicted octanol–water partition coefficient (Wildman–Crippen LogP) is 5.63. The van der Waals surface area contributed by atoms with Crippen LogP contribution in [-0.2, 0) is 6.42 Å². The SMILES string of the molecule is Fc1ccc(CC(Br)CC2CCCCCC2)c(F)c1. The Morgan fingerprint density at radius 2 is 1.79 bits per heavy atom. The molecule has 0 heterocycles. The second-order valence-electron chi connectivity index (χ2n) is 5.63. The second-order valence-corrected chi connectivity index (χ2v) is 6.93.